The van der Waals surface area contributed by atoms with Gasteiger partial charge in [-0.2, -0.15) is 8.78 Å². The van der Waals surface area contributed by atoms with Crippen molar-refractivity contribution in [3.05, 3.63) is 53.0 Å². The highest BCUT2D eigenvalue weighted by Crippen LogP contribution is 2.25. The van der Waals surface area contributed by atoms with Crippen molar-refractivity contribution in [1.82, 2.24) is 14.5 Å². The highest BCUT2D eigenvalue weighted by molar-refractivity contribution is 9.10. The van der Waals surface area contributed by atoms with E-state index in [1.54, 1.807) is 11.9 Å². The zero-order chi connectivity index (χ0) is 15.7. The molecule has 3 rings (SSSR count). The molecule has 4 nitrogen and oxygen atoms in total. The van der Waals surface area contributed by atoms with E-state index in [0.717, 1.165) is 19.9 Å². The van der Waals surface area contributed by atoms with Gasteiger partial charge in [-0.25, -0.2) is 9.97 Å². The number of hydrogen-bond donors (Lipinski definition) is 0. The zero-order valence-corrected chi connectivity index (χ0v) is 13.3. The first-order chi connectivity index (χ1) is 10.6. The Bertz CT molecular complexity index is 803. The van der Waals surface area contributed by atoms with Gasteiger partial charge in [0.2, 0.25) is 0 Å². The number of para-hydroxylation sites is 1. The van der Waals surface area contributed by atoms with Crippen LogP contribution in [-0.2, 0) is 6.54 Å². The third-order valence-corrected chi connectivity index (χ3v) is 4.03. The van der Waals surface area contributed by atoms with Gasteiger partial charge in [-0.3, -0.25) is 4.57 Å². The second-order valence-electron chi connectivity index (χ2n) is 4.87. The number of alkyl halides is 2. The summed E-state index contributed by atoms with van der Waals surface area (Å²) in [5.74, 6) is 0.995. The summed E-state index contributed by atoms with van der Waals surface area (Å²) in [5.41, 5.74) is 0.837. The molecule has 22 heavy (non-hydrogen) atoms. The number of fused-ring (bicyclic) bond motifs is 1. The van der Waals surface area contributed by atoms with Crippen molar-refractivity contribution in [2.75, 3.05) is 11.9 Å². The normalized spacial score (nSPS) is 11.3. The molecule has 0 aliphatic heterocycles. The Morgan fingerprint density at radius 3 is 2.86 bits per heavy atom. The number of halogens is 3. The Balaban J connectivity index is 1.90. The quantitative estimate of drug-likeness (QED) is 0.692. The molecule has 2 heterocycles. The Morgan fingerprint density at radius 2 is 2.09 bits per heavy atom. The van der Waals surface area contributed by atoms with Crippen molar-refractivity contribution in [2.45, 2.75) is 13.1 Å². The maximum atomic E-state index is 12.9. The lowest BCUT2D eigenvalue weighted by Crippen LogP contribution is -2.20. The Hall–Kier alpha value is -2.02. The van der Waals surface area contributed by atoms with E-state index in [-0.39, 0.29) is 6.54 Å². The number of rotatable bonds is 4. The number of imidazole rings is 1. The summed E-state index contributed by atoms with van der Waals surface area (Å²) >= 11 is 3.47. The third-order valence-electron chi connectivity index (χ3n) is 3.39. The van der Waals surface area contributed by atoms with Gasteiger partial charge in [-0.05, 0) is 34.1 Å². The van der Waals surface area contributed by atoms with E-state index in [4.69, 9.17) is 0 Å². The van der Waals surface area contributed by atoms with Crippen LogP contribution in [-0.4, -0.2) is 21.6 Å². The SMILES string of the molecule is CN(Cc1nccn1C(F)F)c1ccc2cccc(Br)c2n1. The summed E-state index contributed by atoms with van der Waals surface area (Å²) in [6, 6.07) is 9.66. The topological polar surface area (TPSA) is 34.0 Å². The van der Waals surface area contributed by atoms with Crippen LogP contribution in [0.4, 0.5) is 14.6 Å². The monoisotopic (exact) mass is 366 g/mol. The molecule has 0 aliphatic carbocycles. The summed E-state index contributed by atoms with van der Waals surface area (Å²) in [4.78, 5) is 10.4. The molecule has 7 heteroatoms. The molecule has 0 aliphatic rings. The summed E-state index contributed by atoms with van der Waals surface area (Å²) in [6.45, 7) is -2.34. The van der Waals surface area contributed by atoms with Crippen LogP contribution in [0.15, 0.2) is 47.2 Å². The number of pyridine rings is 1. The van der Waals surface area contributed by atoms with Crippen molar-refractivity contribution < 1.29 is 8.78 Å². The van der Waals surface area contributed by atoms with Crippen LogP contribution in [0.1, 0.15) is 12.4 Å². The van der Waals surface area contributed by atoms with Gasteiger partial charge in [-0.1, -0.05) is 12.1 Å². The summed E-state index contributed by atoms with van der Waals surface area (Å²) < 4.78 is 27.5. The van der Waals surface area contributed by atoms with Gasteiger partial charge >= 0.3 is 6.55 Å². The average molecular weight is 367 g/mol. The fraction of sp³-hybridized carbons (Fsp3) is 0.200. The first-order valence-corrected chi connectivity index (χ1v) is 7.42. The van der Waals surface area contributed by atoms with Crippen LogP contribution in [0.25, 0.3) is 10.9 Å². The number of aromatic nitrogens is 3. The first-order valence-electron chi connectivity index (χ1n) is 6.62. The van der Waals surface area contributed by atoms with Gasteiger partial charge in [0.15, 0.2) is 0 Å². The lowest BCUT2D eigenvalue weighted by molar-refractivity contribution is 0.0670. The summed E-state index contributed by atoms with van der Waals surface area (Å²) in [6.07, 6.45) is 2.65. The zero-order valence-electron chi connectivity index (χ0n) is 11.7. The summed E-state index contributed by atoms with van der Waals surface area (Å²) in [5, 5.41) is 1.01. The van der Waals surface area contributed by atoms with E-state index in [0.29, 0.717) is 11.6 Å². The number of anilines is 1. The van der Waals surface area contributed by atoms with Gasteiger partial charge in [0, 0.05) is 29.3 Å². The number of hydrogen-bond acceptors (Lipinski definition) is 3. The second kappa shape index (κ2) is 6.00. The molecule has 0 saturated heterocycles. The largest absolute Gasteiger partial charge is 0.352 e. The molecular formula is C15H13BrF2N4. The van der Waals surface area contributed by atoms with Gasteiger partial charge < -0.3 is 4.90 Å². The van der Waals surface area contributed by atoms with Crippen molar-refractivity contribution in [2.24, 2.45) is 0 Å². The van der Waals surface area contributed by atoms with Gasteiger partial charge in [0.05, 0.1) is 12.1 Å². The smallest absolute Gasteiger partial charge is 0.319 e. The number of nitrogens with zero attached hydrogens (tertiary/aromatic N) is 4. The van der Waals surface area contributed by atoms with E-state index >= 15 is 0 Å². The molecule has 0 amide bonds. The molecule has 114 valence electrons. The molecule has 3 aromatic rings. The molecule has 2 aromatic heterocycles. The Morgan fingerprint density at radius 1 is 1.27 bits per heavy atom. The molecule has 0 atom stereocenters. The molecule has 0 N–H and O–H groups in total. The predicted molar refractivity (Wildman–Crippen MR) is 85.0 cm³/mol. The van der Waals surface area contributed by atoms with E-state index in [9.17, 15) is 8.78 Å². The molecular weight excluding hydrogens is 354 g/mol. The molecule has 0 bridgehead atoms. The molecule has 0 radical (unpaired) electrons. The molecule has 0 spiro atoms. The highest BCUT2D eigenvalue weighted by atomic mass is 79.9. The van der Waals surface area contributed by atoms with Crippen LogP contribution < -0.4 is 4.90 Å². The predicted octanol–water partition coefficient (Wildman–Crippen LogP) is 4.23. The van der Waals surface area contributed by atoms with E-state index in [1.807, 2.05) is 30.3 Å². The minimum atomic E-state index is -2.59. The van der Waals surface area contributed by atoms with E-state index < -0.39 is 6.55 Å². The standard InChI is InChI=1S/C15H13BrF2N4/c1-21(9-13-19-7-8-22(13)15(17)18)12-6-5-10-3-2-4-11(16)14(10)20-12/h2-8,15H,9H2,1H3. The van der Waals surface area contributed by atoms with Crippen LogP contribution in [0, 0.1) is 0 Å². The minimum absolute atomic E-state index is 0.250. The van der Waals surface area contributed by atoms with Crippen LogP contribution in [0.5, 0.6) is 0 Å². The van der Waals surface area contributed by atoms with Crippen LogP contribution in [0.2, 0.25) is 0 Å². The fourth-order valence-electron chi connectivity index (χ4n) is 2.25. The molecule has 0 fully saturated rings. The highest BCUT2D eigenvalue weighted by Gasteiger charge is 2.14. The van der Waals surface area contributed by atoms with Gasteiger partial charge in [0.25, 0.3) is 0 Å². The van der Waals surface area contributed by atoms with E-state index in [1.165, 1.54) is 12.4 Å². The number of benzene rings is 1. The Labute approximate surface area is 134 Å². The van der Waals surface area contributed by atoms with Crippen molar-refractivity contribution in [1.29, 1.82) is 0 Å². The fourth-order valence-corrected chi connectivity index (χ4v) is 2.72. The van der Waals surface area contributed by atoms with Gasteiger partial charge in [-0.15, -0.1) is 0 Å². The first kappa shape index (κ1) is 14.9. The molecule has 0 saturated carbocycles. The third kappa shape index (κ3) is 2.81. The maximum absolute atomic E-state index is 12.9. The van der Waals surface area contributed by atoms with Crippen LogP contribution in [0.3, 0.4) is 0 Å². The summed E-state index contributed by atoms with van der Waals surface area (Å²) in [7, 11) is 1.80. The maximum Gasteiger partial charge on any atom is 0.319 e. The minimum Gasteiger partial charge on any atom is -0.352 e. The van der Waals surface area contributed by atoms with Crippen molar-refractivity contribution in [3.8, 4) is 0 Å². The lowest BCUT2D eigenvalue weighted by atomic mass is 10.2. The lowest BCUT2D eigenvalue weighted by Gasteiger charge is -2.19. The van der Waals surface area contributed by atoms with Crippen LogP contribution >= 0.6 is 15.9 Å². The molecule has 0 unspecified atom stereocenters. The Kier molecular flexibility index (Phi) is 4.06. The second-order valence-corrected chi connectivity index (χ2v) is 5.72. The van der Waals surface area contributed by atoms with E-state index in [2.05, 4.69) is 25.9 Å². The van der Waals surface area contributed by atoms with Crippen molar-refractivity contribution in [3.63, 3.8) is 0 Å². The average Bonchev–Trinajstić information content (AvgIpc) is 2.95. The van der Waals surface area contributed by atoms with Gasteiger partial charge in [0.1, 0.15) is 11.6 Å². The van der Waals surface area contributed by atoms with Crippen molar-refractivity contribution >= 4 is 32.7 Å². The molecule has 1 aromatic carbocycles.